The van der Waals surface area contributed by atoms with Gasteiger partial charge in [-0.25, -0.2) is 4.98 Å². The van der Waals surface area contributed by atoms with Crippen LogP contribution < -0.4 is 5.32 Å². The lowest BCUT2D eigenvalue weighted by atomic mass is 10.0. The normalized spacial score (nSPS) is 23.2. The first kappa shape index (κ1) is 12.0. The number of piperidine rings is 1. The highest BCUT2D eigenvalue weighted by molar-refractivity contribution is 7.11. The van der Waals surface area contributed by atoms with Crippen LogP contribution in [0.2, 0.25) is 0 Å². The molecule has 2 atom stereocenters. The molecule has 0 aromatic carbocycles. The molecule has 1 aliphatic heterocycles. The fraction of sp³-hybridized carbons (Fsp3) is 0.750. The van der Waals surface area contributed by atoms with Crippen LogP contribution in [0, 0.1) is 0 Å². The van der Waals surface area contributed by atoms with Gasteiger partial charge in [0, 0.05) is 29.5 Å². The van der Waals surface area contributed by atoms with Gasteiger partial charge in [-0.05, 0) is 19.4 Å². The Balaban J connectivity index is 1.91. The topological polar surface area (TPSA) is 45.2 Å². The summed E-state index contributed by atoms with van der Waals surface area (Å²) in [6.07, 6.45) is 6.88. The largest absolute Gasteiger partial charge is 0.396 e. The summed E-state index contributed by atoms with van der Waals surface area (Å²) in [6.45, 7) is 3.40. The maximum Gasteiger partial charge on any atom is 0.0943 e. The van der Waals surface area contributed by atoms with Crippen molar-refractivity contribution in [1.29, 1.82) is 0 Å². The zero-order valence-corrected chi connectivity index (χ0v) is 10.6. The van der Waals surface area contributed by atoms with Crippen molar-refractivity contribution in [3.8, 4) is 0 Å². The van der Waals surface area contributed by atoms with E-state index < -0.39 is 0 Å². The van der Waals surface area contributed by atoms with Crippen molar-refractivity contribution in [2.75, 3.05) is 13.2 Å². The molecule has 1 fully saturated rings. The molecule has 16 heavy (non-hydrogen) atoms. The van der Waals surface area contributed by atoms with Gasteiger partial charge in [0.2, 0.25) is 0 Å². The molecule has 0 amide bonds. The van der Waals surface area contributed by atoms with E-state index in [0.717, 1.165) is 13.0 Å². The maximum atomic E-state index is 9.09. The Morgan fingerprint density at radius 3 is 3.19 bits per heavy atom. The number of nitrogens with zero attached hydrogens (tertiary/aromatic N) is 1. The molecule has 0 radical (unpaired) electrons. The van der Waals surface area contributed by atoms with Crippen LogP contribution in [0.5, 0.6) is 0 Å². The molecule has 3 nitrogen and oxygen atoms in total. The monoisotopic (exact) mass is 240 g/mol. The molecule has 0 saturated carbocycles. The number of aromatic nitrogens is 1. The number of rotatable bonds is 4. The minimum Gasteiger partial charge on any atom is -0.396 e. The smallest absolute Gasteiger partial charge is 0.0943 e. The first-order valence-electron chi connectivity index (χ1n) is 6.08. The van der Waals surface area contributed by atoms with Crippen molar-refractivity contribution < 1.29 is 5.11 Å². The fourth-order valence-electron chi connectivity index (χ4n) is 2.05. The zero-order chi connectivity index (χ0) is 11.4. The summed E-state index contributed by atoms with van der Waals surface area (Å²) in [6, 6.07) is 0.609. The number of aliphatic hydroxyl groups excluding tert-OH is 1. The summed E-state index contributed by atoms with van der Waals surface area (Å²) in [5.74, 6) is 0.227. The van der Waals surface area contributed by atoms with Gasteiger partial charge in [-0.15, -0.1) is 11.3 Å². The maximum absolute atomic E-state index is 9.09. The molecule has 1 saturated heterocycles. The molecule has 2 heterocycles. The Hall–Kier alpha value is -0.450. The molecule has 4 heteroatoms. The highest BCUT2D eigenvalue weighted by Gasteiger charge is 2.16. The number of nitrogens with one attached hydrogen (secondary N) is 1. The van der Waals surface area contributed by atoms with Gasteiger partial charge < -0.3 is 10.4 Å². The molecule has 1 aromatic heterocycles. The van der Waals surface area contributed by atoms with Crippen molar-refractivity contribution in [1.82, 2.24) is 10.3 Å². The average molecular weight is 240 g/mol. The van der Waals surface area contributed by atoms with Crippen LogP contribution in [0.1, 0.15) is 42.0 Å². The van der Waals surface area contributed by atoms with Crippen molar-refractivity contribution in [3.63, 3.8) is 0 Å². The second-order valence-corrected chi connectivity index (χ2v) is 5.74. The van der Waals surface area contributed by atoms with Crippen LogP contribution >= 0.6 is 11.3 Å². The van der Waals surface area contributed by atoms with Crippen molar-refractivity contribution in [3.05, 3.63) is 16.1 Å². The molecule has 2 unspecified atom stereocenters. The molecular formula is C12H20N2OS. The van der Waals surface area contributed by atoms with Crippen molar-refractivity contribution in [2.24, 2.45) is 0 Å². The fourth-order valence-corrected chi connectivity index (χ4v) is 3.09. The highest BCUT2D eigenvalue weighted by Crippen LogP contribution is 2.23. The molecule has 2 rings (SSSR count). The van der Waals surface area contributed by atoms with E-state index in [0.29, 0.717) is 6.04 Å². The number of hydrogen-bond acceptors (Lipinski definition) is 4. The number of thiazole rings is 1. The quantitative estimate of drug-likeness (QED) is 0.845. The zero-order valence-electron chi connectivity index (χ0n) is 9.78. The van der Waals surface area contributed by atoms with E-state index in [4.69, 9.17) is 5.11 Å². The summed E-state index contributed by atoms with van der Waals surface area (Å²) in [5, 5.41) is 13.8. The predicted molar refractivity (Wildman–Crippen MR) is 67.0 cm³/mol. The lowest BCUT2D eigenvalue weighted by Crippen LogP contribution is -2.35. The van der Waals surface area contributed by atoms with E-state index in [1.165, 1.54) is 29.1 Å². The van der Waals surface area contributed by atoms with E-state index >= 15 is 0 Å². The Labute approximate surface area is 101 Å². The third-order valence-electron chi connectivity index (χ3n) is 3.16. The molecule has 1 aliphatic rings. The molecule has 90 valence electrons. The van der Waals surface area contributed by atoms with Gasteiger partial charge in [0.05, 0.1) is 11.6 Å². The number of aliphatic hydroxyl groups is 1. The van der Waals surface area contributed by atoms with Gasteiger partial charge in [0.25, 0.3) is 0 Å². The Morgan fingerprint density at radius 1 is 1.62 bits per heavy atom. The van der Waals surface area contributed by atoms with Gasteiger partial charge in [-0.3, -0.25) is 0 Å². The van der Waals surface area contributed by atoms with Gasteiger partial charge in [-0.2, -0.15) is 0 Å². The highest BCUT2D eigenvalue weighted by atomic mass is 32.1. The van der Waals surface area contributed by atoms with Crippen LogP contribution in [0.15, 0.2) is 6.20 Å². The minimum absolute atomic E-state index is 0.212. The van der Waals surface area contributed by atoms with Crippen molar-refractivity contribution in [2.45, 2.75) is 44.6 Å². The van der Waals surface area contributed by atoms with Crippen LogP contribution in [-0.2, 0) is 6.42 Å². The van der Waals surface area contributed by atoms with Gasteiger partial charge in [0.15, 0.2) is 0 Å². The van der Waals surface area contributed by atoms with E-state index in [1.54, 1.807) is 11.3 Å². The Kier molecular flexibility index (Phi) is 4.32. The standard InChI is InChI=1S/C12H20N2OS/c1-9(8-15)11-7-14-12(16-11)6-10-4-2-3-5-13-10/h7,9-10,13,15H,2-6,8H2,1H3. The lowest BCUT2D eigenvalue weighted by molar-refractivity contribution is 0.274. The minimum atomic E-state index is 0.212. The Morgan fingerprint density at radius 2 is 2.50 bits per heavy atom. The van der Waals surface area contributed by atoms with Gasteiger partial charge in [-0.1, -0.05) is 13.3 Å². The Bertz CT molecular complexity index is 321. The van der Waals surface area contributed by atoms with Crippen molar-refractivity contribution >= 4 is 11.3 Å². The summed E-state index contributed by atoms with van der Waals surface area (Å²) in [5.41, 5.74) is 0. The molecule has 2 N–H and O–H groups in total. The van der Waals surface area contributed by atoms with Gasteiger partial charge >= 0.3 is 0 Å². The SMILES string of the molecule is CC(CO)c1cnc(CC2CCCCN2)s1. The average Bonchev–Trinajstić information content (AvgIpc) is 2.78. The predicted octanol–water partition coefficient (Wildman–Crippen LogP) is 1.92. The summed E-state index contributed by atoms with van der Waals surface area (Å²) in [4.78, 5) is 5.65. The first-order valence-corrected chi connectivity index (χ1v) is 6.90. The van der Waals surface area contributed by atoms with E-state index in [1.807, 2.05) is 13.1 Å². The van der Waals surface area contributed by atoms with E-state index in [-0.39, 0.29) is 12.5 Å². The van der Waals surface area contributed by atoms with Crippen LogP contribution in [0.3, 0.4) is 0 Å². The third kappa shape index (κ3) is 3.03. The second-order valence-electron chi connectivity index (χ2n) is 4.59. The summed E-state index contributed by atoms with van der Waals surface area (Å²) in [7, 11) is 0. The molecule has 1 aromatic rings. The van der Waals surface area contributed by atoms with E-state index in [2.05, 4.69) is 10.3 Å². The summed E-state index contributed by atoms with van der Waals surface area (Å²) >= 11 is 1.75. The van der Waals surface area contributed by atoms with Crippen LogP contribution in [-0.4, -0.2) is 29.3 Å². The molecule has 0 spiro atoms. The van der Waals surface area contributed by atoms with Crippen LogP contribution in [0.4, 0.5) is 0 Å². The molecule has 0 aliphatic carbocycles. The third-order valence-corrected chi connectivity index (χ3v) is 4.42. The molecular weight excluding hydrogens is 220 g/mol. The lowest BCUT2D eigenvalue weighted by Gasteiger charge is -2.22. The second kappa shape index (κ2) is 5.75. The summed E-state index contributed by atoms with van der Waals surface area (Å²) < 4.78 is 0. The molecule has 0 bridgehead atoms. The van der Waals surface area contributed by atoms with E-state index in [9.17, 15) is 0 Å². The van der Waals surface area contributed by atoms with Crippen LogP contribution in [0.25, 0.3) is 0 Å². The van der Waals surface area contributed by atoms with Gasteiger partial charge in [0.1, 0.15) is 0 Å². The first-order chi connectivity index (χ1) is 7.79. The number of hydrogen-bond donors (Lipinski definition) is 2.